The van der Waals surface area contributed by atoms with Crippen LogP contribution in [0.2, 0.25) is 0 Å². The molecule has 0 aromatic carbocycles. The predicted molar refractivity (Wildman–Crippen MR) is 134 cm³/mol. The third-order valence-corrected chi connectivity index (χ3v) is 12.1. The zero-order valence-electron chi connectivity index (χ0n) is 22.5. The number of aliphatic hydroxyl groups is 5. The molecule has 0 aromatic rings. The highest BCUT2D eigenvalue weighted by Gasteiger charge is 2.68. The fourth-order valence-corrected chi connectivity index (χ4v) is 9.84. The minimum atomic E-state index is -1.44. The number of carbonyl (C=O) groups is 1. The van der Waals surface area contributed by atoms with Crippen molar-refractivity contribution in [2.75, 3.05) is 13.2 Å². The summed E-state index contributed by atoms with van der Waals surface area (Å²) in [5.41, 5.74) is -0.274. The zero-order chi connectivity index (χ0) is 27.0. The van der Waals surface area contributed by atoms with Gasteiger partial charge in [0.2, 0.25) is 0 Å². The van der Waals surface area contributed by atoms with Crippen LogP contribution in [-0.2, 0) is 19.0 Å². The second-order valence-electron chi connectivity index (χ2n) is 13.5. The molecule has 0 spiro atoms. The molecule has 9 nitrogen and oxygen atoms in total. The van der Waals surface area contributed by atoms with Crippen LogP contribution in [0.25, 0.3) is 0 Å². The predicted octanol–water partition coefficient (Wildman–Crippen LogP) is 1.43. The molecular weight excluding hydrogens is 492 g/mol. The van der Waals surface area contributed by atoms with E-state index in [1.165, 1.54) is 0 Å². The van der Waals surface area contributed by atoms with Crippen molar-refractivity contribution in [3.63, 3.8) is 0 Å². The normalized spacial score (nSPS) is 54.5. The maximum atomic E-state index is 12.4. The van der Waals surface area contributed by atoms with Gasteiger partial charge in [-0.25, -0.2) is 4.79 Å². The maximum absolute atomic E-state index is 12.4. The molecular formula is C29H44O9. The Balaban J connectivity index is 1.16. The molecule has 5 N–H and O–H groups in total. The van der Waals surface area contributed by atoms with Crippen LogP contribution in [0.1, 0.15) is 71.6 Å². The van der Waals surface area contributed by atoms with Gasteiger partial charge in [-0.2, -0.15) is 0 Å². The minimum absolute atomic E-state index is 0.0525. The first-order chi connectivity index (χ1) is 18.0. The lowest BCUT2D eigenvalue weighted by Crippen LogP contribution is -2.63. The number of cyclic esters (lactones) is 1. The van der Waals surface area contributed by atoms with E-state index in [0.717, 1.165) is 63.4 Å². The van der Waals surface area contributed by atoms with Crippen molar-refractivity contribution < 1.29 is 44.5 Å². The fraction of sp³-hybridized carbons (Fsp3) is 0.897. The molecule has 0 aromatic heterocycles. The van der Waals surface area contributed by atoms with E-state index in [-0.39, 0.29) is 34.7 Å². The monoisotopic (exact) mass is 536 g/mol. The molecule has 0 radical (unpaired) electrons. The average molecular weight is 537 g/mol. The van der Waals surface area contributed by atoms with Gasteiger partial charge in [-0.3, -0.25) is 0 Å². The molecule has 0 bridgehead atoms. The number of fused-ring (bicyclic) bond motifs is 5. The van der Waals surface area contributed by atoms with Gasteiger partial charge < -0.3 is 39.7 Å². The molecule has 9 heteroatoms. The molecule has 0 unspecified atom stereocenters. The highest BCUT2D eigenvalue weighted by atomic mass is 16.7. The van der Waals surface area contributed by atoms with Crippen molar-refractivity contribution in [1.82, 2.24) is 0 Å². The molecule has 6 aliphatic rings. The van der Waals surface area contributed by atoms with Crippen molar-refractivity contribution in [3.05, 3.63) is 11.6 Å². The lowest BCUT2D eigenvalue weighted by Gasteiger charge is -2.63. The first-order valence-electron chi connectivity index (χ1n) is 14.6. The van der Waals surface area contributed by atoms with Gasteiger partial charge >= 0.3 is 5.97 Å². The Bertz CT molecular complexity index is 968. The van der Waals surface area contributed by atoms with E-state index in [2.05, 4.69) is 13.8 Å². The number of aliphatic hydroxyl groups excluding tert-OH is 4. The van der Waals surface area contributed by atoms with Crippen LogP contribution in [0.15, 0.2) is 11.6 Å². The van der Waals surface area contributed by atoms with Gasteiger partial charge in [0.05, 0.1) is 18.3 Å². The van der Waals surface area contributed by atoms with Gasteiger partial charge in [0.15, 0.2) is 6.29 Å². The Labute approximate surface area is 224 Å². The summed E-state index contributed by atoms with van der Waals surface area (Å²) in [6.07, 6.45) is 3.42. The lowest BCUT2D eigenvalue weighted by atomic mass is 9.43. The van der Waals surface area contributed by atoms with Crippen LogP contribution in [0, 0.1) is 34.5 Å². The van der Waals surface area contributed by atoms with Crippen LogP contribution in [0.3, 0.4) is 0 Å². The number of rotatable bonds is 4. The molecule has 2 heterocycles. The summed E-state index contributed by atoms with van der Waals surface area (Å²) in [6, 6.07) is 0. The Morgan fingerprint density at radius 3 is 2.47 bits per heavy atom. The molecule has 0 amide bonds. The molecule has 2 aliphatic heterocycles. The first-order valence-corrected chi connectivity index (χ1v) is 14.6. The molecule has 13 atom stereocenters. The number of hydrogen-bond donors (Lipinski definition) is 5. The first kappa shape index (κ1) is 27.1. The maximum Gasteiger partial charge on any atom is 0.334 e. The number of carbonyl (C=O) groups excluding carboxylic acids is 1. The highest BCUT2D eigenvalue weighted by molar-refractivity contribution is 5.91. The van der Waals surface area contributed by atoms with E-state index in [9.17, 15) is 30.3 Å². The summed E-state index contributed by atoms with van der Waals surface area (Å²) >= 11 is 0. The summed E-state index contributed by atoms with van der Waals surface area (Å²) < 4.78 is 17.0. The SMILES string of the molecule is C[C@]12CC[C@@H](O[C@H]3O[C@@H](CO)[C@@H](O)[C@@H](O)[C@H]3O)C[C@H]1CC[C@@H]1[C@@H]2CC[C@]2(C)[C@@H](C3=CCOC3=O)CC[C@@]12O. The Morgan fingerprint density at radius 1 is 0.974 bits per heavy atom. The standard InChI is InChI=1S/C29H44O9/c1-27-9-5-16(37-26-24(33)23(32)22(31)21(14-30)38-26)13-15(27)3-4-20-19(27)6-10-28(2)18(7-11-29(20,28)35)17-8-12-36-25(17)34/h8,15-16,18-24,26,30-33,35H,3-7,9-14H2,1-2H3/t15-,16-,18-,19+,20-,21+,22-,23-,24-,26+,27+,28-,29-/m1/s1. The summed E-state index contributed by atoms with van der Waals surface area (Å²) in [4.78, 5) is 12.4. The van der Waals surface area contributed by atoms with Crippen molar-refractivity contribution >= 4 is 5.97 Å². The second-order valence-corrected chi connectivity index (χ2v) is 13.5. The van der Waals surface area contributed by atoms with E-state index < -0.39 is 42.9 Å². The summed E-state index contributed by atoms with van der Waals surface area (Å²) in [5, 5.41) is 52.5. The summed E-state index contributed by atoms with van der Waals surface area (Å²) in [7, 11) is 0. The van der Waals surface area contributed by atoms with E-state index in [0.29, 0.717) is 18.4 Å². The third kappa shape index (κ3) is 3.80. The average Bonchev–Trinajstić information content (AvgIpc) is 3.43. The molecule has 4 saturated carbocycles. The van der Waals surface area contributed by atoms with Crippen LogP contribution < -0.4 is 0 Å². The van der Waals surface area contributed by atoms with Crippen LogP contribution in [0.5, 0.6) is 0 Å². The van der Waals surface area contributed by atoms with E-state index in [1.807, 2.05) is 6.08 Å². The van der Waals surface area contributed by atoms with Crippen LogP contribution in [-0.4, -0.2) is 87.1 Å². The van der Waals surface area contributed by atoms with Crippen molar-refractivity contribution in [3.8, 4) is 0 Å². The minimum Gasteiger partial charge on any atom is -0.458 e. The highest BCUT2D eigenvalue weighted by Crippen LogP contribution is 2.70. The quantitative estimate of drug-likeness (QED) is 0.266. The Kier molecular flexibility index (Phi) is 6.78. The number of esters is 1. The van der Waals surface area contributed by atoms with Gasteiger partial charge in [-0.1, -0.05) is 13.8 Å². The summed E-state index contributed by atoms with van der Waals surface area (Å²) in [6.45, 7) is 4.46. The molecule has 214 valence electrons. The Morgan fingerprint density at radius 2 is 1.76 bits per heavy atom. The second kappa shape index (κ2) is 9.50. The topological polar surface area (TPSA) is 146 Å². The third-order valence-electron chi connectivity index (χ3n) is 12.1. The van der Waals surface area contributed by atoms with E-state index in [4.69, 9.17) is 14.2 Å². The number of ether oxygens (including phenoxy) is 3. The smallest absolute Gasteiger partial charge is 0.334 e. The molecule has 38 heavy (non-hydrogen) atoms. The number of hydrogen-bond acceptors (Lipinski definition) is 9. The molecule has 1 saturated heterocycles. The van der Waals surface area contributed by atoms with Crippen molar-refractivity contribution in [2.45, 2.75) is 114 Å². The van der Waals surface area contributed by atoms with E-state index >= 15 is 0 Å². The van der Waals surface area contributed by atoms with Crippen molar-refractivity contribution in [1.29, 1.82) is 0 Å². The fourth-order valence-electron chi connectivity index (χ4n) is 9.84. The molecule has 5 fully saturated rings. The van der Waals surface area contributed by atoms with Gasteiger partial charge in [0.1, 0.15) is 31.0 Å². The summed E-state index contributed by atoms with van der Waals surface area (Å²) in [5.74, 6) is 0.849. The Hall–Kier alpha value is -1.07. The van der Waals surface area contributed by atoms with Crippen LogP contribution >= 0.6 is 0 Å². The van der Waals surface area contributed by atoms with Gasteiger partial charge in [0, 0.05) is 11.0 Å². The van der Waals surface area contributed by atoms with Crippen molar-refractivity contribution in [2.24, 2.45) is 34.5 Å². The van der Waals surface area contributed by atoms with Gasteiger partial charge in [-0.05, 0) is 93.0 Å². The molecule has 4 aliphatic carbocycles. The molecule has 6 rings (SSSR count). The zero-order valence-corrected chi connectivity index (χ0v) is 22.5. The van der Waals surface area contributed by atoms with Crippen LogP contribution in [0.4, 0.5) is 0 Å². The van der Waals surface area contributed by atoms with Gasteiger partial charge in [-0.15, -0.1) is 0 Å². The van der Waals surface area contributed by atoms with Gasteiger partial charge in [0.25, 0.3) is 0 Å². The van der Waals surface area contributed by atoms with E-state index in [1.54, 1.807) is 0 Å². The lowest BCUT2D eigenvalue weighted by molar-refractivity contribution is -0.317. The largest absolute Gasteiger partial charge is 0.458 e.